The maximum atomic E-state index is 15.2. The SMILES string of the molecule is CCCCC(CC)N1C(=O)c2ccc3c4c(C(F)(F)F)cc5c6c(ccc(c7c(C)cc(c2c37)C1=O)c64)C(=O)N(C(CC)CCCC)C5=O. The molecule has 0 N–H and O–H groups in total. The lowest BCUT2D eigenvalue weighted by Crippen LogP contribution is -2.47. The van der Waals surface area contributed by atoms with Gasteiger partial charge in [0.05, 0.1) is 5.56 Å². The second kappa shape index (κ2) is 11.8. The molecule has 2 aliphatic rings. The molecule has 0 aromatic heterocycles. The highest BCUT2D eigenvalue weighted by Crippen LogP contribution is 2.51. The average Bonchev–Trinajstić information content (AvgIpc) is 3.07. The highest BCUT2D eigenvalue weighted by molar-refractivity contribution is 6.42. The molecular formula is C40H39F3N2O4. The van der Waals surface area contributed by atoms with Gasteiger partial charge in [-0.3, -0.25) is 29.0 Å². The molecule has 2 heterocycles. The number of aryl methyl sites for hydroxylation is 1. The molecular weight excluding hydrogens is 629 g/mol. The van der Waals surface area contributed by atoms with Gasteiger partial charge in [0.15, 0.2) is 0 Å². The number of hydrogen-bond donors (Lipinski definition) is 0. The van der Waals surface area contributed by atoms with Crippen LogP contribution in [-0.4, -0.2) is 45.5 Å². The highest BCUT2D eigenvalue weighted by Gasteiger charge is 2.43. The van der Waals surface area contributed by atoms with E-state index in [0.717, 1.165) is 36.6 Å². The van der Waals surface area contributed by atoms with E-state index in [9.17, 15) is 19.2 Å². The number of carbonyl (C=O) groups is 4. The van der Waals surface area contributed by atoms with E-state index in [4.69, 9.17) is 0 Å². The first-order valence-electron chi connectivity index (χ1n) is 17.5. The molecule has 5 aromatic carbocycles. The Balaban J connectivity index is 1.58. The summed E-state index contributed by atoms with van der Waals surface area (Å²) in [5.74, 6) is -2.11. The first-order chi connectivity index (χ1) is 23.4. The van der Waals surface area contributed by atoms with Crippen molar-refractivity contribution < 1.29 is 32.3 Å². The summed E-state index contributed by atoms with van der Waals surface area (Å²) < 4.78 is 45.7. The van der Waals surface area contributed by atoms with Crippen molar-refractivity contribution in [3.8, 4) is 0 Å². The molecule has 0 aliphatic carbocycles. The van der Waals surface area contributed by atoms with Crippen LogP contribution in [0.2, 0.25) is 0 Å². The Hall–Kier alpha value is -4.53. The van der Waals surface area contributed by atoms with E-state index in [-0.39, 0.29) is 44.3 Å². The fourth-order valence-electron chi connectivity index (χ4n) is 8.50. The fourth-order valence-corrected chi connectivity index (χ4v) is 8.50. The molecule has 0 spiro atoms. The van der Waals surface area contributed by atoms with Crippen LogP contribution in [0.3, 0.4) is 0 Å². The molecule has 0 fully saturated rings. The molecule has 2 aliphatic heterocycles. The molecule has 6 nitrogen and oxygen atoms in total. The number of amides is 4. The molecule has 7 rings (SSSR count). The van der Waals surface area contributed by atoms with Crippen molar-refractivity contribution >= 4 is 66.7 Å². The van der Waals surface area contributed by atoms with Crippen LogP contribution in [0, 0.1) is 6.92 Å². The van der Waals surface area contributed by atoms with Gasteiger partial charge in [-0.05, 0) is 89.4 Å². The molecule has 0 saturated carbocycles. The number of unbranched alkanes of at least 4 members (excludes halogenated alkanes) is 2. The summed E-state index contributed by atoms with van der Waals surface area (Å²) in [4.78, 5) is 58.9. The smallest absolute Gasteiger partial charge is 0.271 e. The van der Waals surface area contributed by atoms with Gasteiger partial charge in [-0.1, -0.05) is 65.5 Å². The Morgan fingerprint density at radius 3 is 1.45 bits per heavy atom. The van der Waals surface area contributed by atoms with Crippen LogP contribution in [0.15, 0.2) is 36.4 Å². The van der Waals surface area contributed by atoms with E-state index in [0.29, 0.717) is 58.4 Å². The normalized spacial score (nSPS) is 16.3. The second-order valence-corrected chi connectivity index (χ2v) is 13.7. The minimum atomic E-state index is -4.85. The van der Waals surface area contributed by atoms with Gasteiger partial charge < -0.3 is 0 Å². The van der Waals surface area contributed by atoms with E-state index >= 15 is 13.2 Å². The minimum Gasteiger partial charge on any atom is -0.271 e. The summed E-state index contributed by atoms with van der Waals surface area (Å²) in [6.07, 6.45) is 0.842. The van der Waals surface area contributed by atoms with E-state index < -0.39 is 41.4 Å². The van der Waals surface area contributed by atoms with Gasteiger partial charge in [0, 0.05) is 50.5 Å². The quantitative estimate of drug-likeness (QED) is 0.0843. The van der Waals surface area contributed by atoms with Gasteiger partial charge in [0.2, 0.25) is 0 Å². The van der Waals surface area contributed by atoms with Gasteiger partial charge in [-0.15, -0.1) is 0 Å². The largest absolute Gasteiger partial charge is 0.417 e. The summed E-state index contributed by atoms with van der Waals surface area (Å²) >= 11 is 0. The summed E-state index contributed by atoms with van der Waals surface area (Å²) in [5, 5.41) is 2.31. The Morgan fingerprint density at radius 2 is 1.00 bits per heavy atom. The number of hydrogen-bond acceptors (Lipinski definition) is 4. The second-order valence-electron chi connectivity index (χ2n) is 13.7. The monoisotopic (exact) mass is 668 g/mol. The number of benzene rings is 5. The van der Waals surface area contributed by atoms with Gasteiger partial charge in [0.1, 0.15) is 0 Å². The van der Waals surface area contributed by atoms with E-state index in [1.165, 1.54) is 11.0 Å². The third-order valence-electron chi connectivity index (χ3n) is 10.9. The number of nitrogens with zero attached hydrogens (tertiary/aromatic N) is 2. The number of rotatable bonds is 10. The third kappa shape index (κ3) is 4.60. The maximum Gasteiger partial charge on any atom is 0.417 e. The lowest BCUT2D eigenvalue weighted by molar-refractivity contribution is -0.136. The Morgan fingerprint density at radius 1 is 0.571 bits per heavy atom. The molecule has 4 amide bonds. The van der Waals surface area contributed by atoms with E-state index in [2.05, 4.69) is 0 Å². The lowest BCUT2D eigenvalue weighted by atomic mass is 9.79. The highest BCUT2D eigenvalue weighted by atomic mass is 19.4. The van der Waals surface area contributed by atoms with Crippen molar-refractivity contribution in [1.82, 2.24) is 9.80 Å². The minimum absolute atomic E-state index is 0.136. The van der Waals surface area contributed by atoms with Crippen LogP contribution in [0.1, 0.15) is 132 Å². The van der Waals surface area contributed by atoms with Gasteiger partial charge >= 0.3 is 6.18 Å². The van der Waals surface area contributed by atoms with Gasteiger partial charge in [-0.2, -0.15) is 13.2 Å². The molecule has 2 atom stereocenters. The summed E-state index contributed by atoms with van der Waals surface area (Å²) in [6.45, 7) is 9.68. The molecule has 0 bridgehead atoms. The van der Waals surface area contributed by atoms with Crippen LogP contribution in [-0.2, 0) is 6.18 Å². The van der Waals surface area contributed by atoms with Crippen molar-refractivity contribution in [2.24, 2.45) is 0 Å². The fraction of sp³-hybridized carbons (Fsp3) is 0.400. The zero-order chi connectivity index (χ0) is 35.1. The van der Waals surface area contributed by atoms with Gasteiger partial charge in [-0.25, -0.2) is 0 Å². The lowest BCUT2D eigenvalue weighted by Gasteiger charge is -2.35. The first kappa shape index (κ1) is 33.0. The Labute approximate surface area is 282 Å². The predicted octanol–water partition coefficient (Wildman–Crippen LogP) is 10.2. The van der Waals surface area contributed by atoms with Crippen LogP contribution in [0.25, 0.3) is 43.1 Å². The zero-order valence-electron chi connectivity index (χ0n) is 28.4. The molecule has 49 heavy (non-hydrogen) atoms. The number of carbonyl (C=O) groups excluding carboxylic acids is 4. The zero-order valence-corrected chi connectivity index (χ0v) is 28.4. The van der Waals surface area contributed by atoms with Crippen LogP contribution in [0.4, 0.5) is 13.2 Å². The van der Waals surface area contributed by atoms with E-state index in [1.807, 2.05) is 34.6 Å². The van der Waals surface area contributed by atoms with Crippen LogP contribution >= 0.6 is 0 Å². The van der Waals surface area contributed by atoms with Crippen LogP contribution < -0.4 is 0 Å². The van der Waals surface area contributed by atoms with E-state index in [1.54, 1.807) is 24.3 Å². The van der Waals surface area contributed by atoms with Crippen molar-refractivity contribution in [2.75, 3.05) is 0 Å². The first-order valence-corrected chi connectivity index (χ1v) is 17.5. The van der Waals surface area contributed by atoms with Crippen molar-refractivity contribution in [3.05, 3.63) is 69.8 Å². The topological polar surface area (TPSA) is 74.8 Å². The molecule has 0 radical (unpaired) electrons. The Kier molecular flexibility index (Phi) is 7.95. The standard InChI is InChI=1S/C40H39F3N2O4/c1-6-10-12-21(8-3)44-36(46)25-17-15-24-33-29(40(41,42)43)19-28-32-26(37(47)45(39(28)49)22(9-4)13-11-7-2)16-14-23(35(32)33)30-20(5)18-27(38(44)48)31(25)34(24)30/h14-19,21-22H,6-13H2,1-5H3. The number of alkyl halides is 3. The number of imide groups is 2. The predicted molar refractivity (Wildman–Crippen MR) is 186 cm³/mol. The molecule has 2 unspecified atom stereocenters. The van der Waals surface area contributed by atoms with Gasteiger partial charge in [0.25, 0.3) is 23.6 Å². The molecule has 5 aromatic rings. The third-order valence-corrected chi connectivity index (χ3v) is 10.9. The number of fused-ring (bicyclic) bond motifs is 2. The van der Waals surface area contributed by atoms with Crippen molar-refractivity contribution in [2.45, 2.75) is 104 Å². The summed E-state index contributed by atoms with van der Waals surface area (Å²) in [5.41, 5.74) is 0.314. The molecule has 0 saturated heterocycles. The van der Waals surface area contributed by atoms with Crippen molar-refractivity contribution in [1.29, 1.82) is 0 Å². The maximum absolute atomic E-state index is 15.2. The molecule has 254 valence electrons. The van der Waals surface area contributed by atoms with Crippen LogP contribution in [0.5, 0.6) is 0 Å². The summed E-state index contributed by atoms with van der Waals surface area (Å²) in [6, 6.07) is 8.27. The van der Waals surface area contributed by atoms with Crippen molar-refractivity contribution in [3.63, 3.8) is 0 Å². The number of halogens is 3. The molecule has 9 heteroatoms. The average molecular weight is 669 g/mol. The summed E-state index contributed by atoms with van der Waals surface area (Å²) in [7, 11) is 0. The Bertz CT molecular complexity index is 2240.